The molecule has 0 aliphatic carbocycles. The Bertz CT molecular complexity index is 404. The number of ether oxygens (including phenoxy) is 1. The first kappa shape index (κ1) is 10.5. The van der Waals surface area contributed by atoms with E-state index in [2.05, 4.69) is 4.85 Å². The highest BCUT2D eigenvalue weighted by Crippen LogP contribution is 2.37. The van der Waals surface area contributed by atoms with Crippen LogP contribution in [0.15, 0.2) is 0 Å². The Morgan fingerprint density at radius 2 is 2.36 bits per heavy atom. The van der Waals surface area contributed by atoms with E-state index >= 15 is 0 Å². The van der Waals surface area contributed by atoms with E-state index in [-0.39, 0.29) is 0 Å². The molecule has 0 aliphatic heterocycles. The zero-order valence-electron chi connectivity index (χ0n) is 7.96. The lowest BCUT2D eigenvalue weighted by Gasteiger charge is -2.01. The average Bonchev–Trinajstić information content (AvgIpc) is 2.41. The largest absolute Gasteiger partial charge is 0.462 e. The van der Waals surface area contributed by atoms with Crippen molar-refractivity contribution in [3.63, 3.8) is 0 Å². The van der Waals surface area contributed by atoms with E-state index < -0.39 is 5.97 Å². The number of carbonyl (C=O) groups is 1. The van der Waals surface area contributed by atoms with Gasteiger partial charge in [-0.15, -0.1) is 11.3 Å². The molecule has 0 amide bonds. The number of thiophene rings is 1. The third kappa shape index (κ3) is 1.70. The molecule has 0 aromatic carbocycles. The van der Waals surface area contributed by atoms with Crippen LogP contribution < -0.4 is 5.73 Å². The summed E-state index contributed by atoms with van der Waals surface area (Å²) < 4.78 is 4.83. The second kappa shape index (κ2) is 4.11. The molecule has 0 saturated heterocycles. The number of hydrogen-bond donors (Lipinski definition) is 1. The van der Waals surface area contributed by atoms with Crippen molar-refractivity contribution in [2.24, 2.45) is 0 Å². The van der Waals surface area contributed by atoms with Crippen LogP contribution in [-0.4, -0.2) is 12.6 Å². The molecular formula is C9H10N2O2S. The van der Waals surface area contributed by atoms with Gasteiger partial charge in [-0.05, 0) is 19.4 Å². The van der Waals surface area contributed by atoms with Crippen molar-refractivity contribution in [2.45, 2.75) is 13.8 Å². The van der Waals surface area contributed by atoms with E-state index in [4.69, 9.17) is 17.0 Å². The lowest BCUT2D eigenvalue weighted by atomic mass is 10.2. The second-order valence-electron chi connectivity index (χ2n) is 2.60. The fraction of sp³-hybridized carbons (Fsp3) is 0.333. The predicted octanol–water partition coefficient (Wildman–Crippen LogP) is 2.37. The molecule has 0 radical (unpaired) electrons. The topological polar surface area (TPSA) is 56.7 Å². The number of carbonyl (C=O) groups excluding carboxylic acids is 1. The molecule has 0 unspecified atom stereocenters. The van der Waals surface area contributed by atoms with Crippen molar-refractivity contribution in [3.05, 3.63) is 22.5 Å². The van der Waals surface area contributed by atoms with E-state index in [0.717, 1.165) is 11.3 Å². The van der Waals surface area contributed by atoms with Crippen LogP contribution in [0.4, 0.5) is 10.0 Å². The fourth-order valence-corrected chi connectivity index (χ4v) is 1.93. The smallest absolute Gasteiger partial charge is 0.340 e. The number of rotatable bonds is 2. The zero-order chi connectivity index (χ0) is 10.7. The third-order valence-corrected chi connectivity index (χ3v) is 2.74. The number of anilines is 1. The maximum Gasteiger partial charge on any atom is 0.340 e. The molecule has 2 N–H and O–H groups in total. The van der Waals surface area contributed by atoms with Crippen LogP contribution in [0, 0.1) is 13.5 Å². The summed E-state index contributed by atoms with van der Waals surface area (Å²) in [7, 11) is 0. The minimum absolute atomic E-state index is 0.306. The number of nitrogens with zero attached hydrogens (tertiary/aromatic N) is 1. The van der Waals surface area contributed by atoms with Gasteiger partial charge < -0.3 is 10.5 Å². The SMILES string of the molecule is [C-]#[N+]c1sc(N)c(C(=O)OCC)c1C. The number of nitrogen functional groups attached to an aromatic ring is 1. The molecule has 0 bridgehead atoms. The van der Waals surface area contributed by atoms with Crippen LogP contribution in [0.2, 0.25) is 0 Å². The zero-order valence-corrected chi connectivity index (χ0v) is 8.77. The Morgan fingerprint density at radius 1 is 1.71 bits per heavy atom. The van der Waals surface area contributed by atoms with Crippen molar-refractivity contribution >= 4 is 27.3 Å². The third-order valence-electron chi connectivity index (χ3n) is 1.73. The van der Waals surface area contributed by atoms with Gasteiger partial charge in [0.25, 0.3) is 0 Å². The van der Waals surface area contributed by atoms with E-state index in [1.54, 1.807) is 13.8 Å². The van der Waals surface area contributed by atoms with Crippen LogP contribution in [0.25, 0.3) is 4.85 Å². The Labute approximate surface area is 86.1 Å². The van der Waals surface area contributed by atoms with Gasteiger partial charge >= 0.3 is 5.97 Å². The molecular weight excluding hydrogens is 200 g/mol. The summed E-state index contributed by atoms with van der Waals surface area (Å²) in [4.78, 5) is 14.7. The Morgan fingerprint density at radius 3 is 2.79 bits per heavy atom. The van der Waals surface area contributed by atoms with Crippen LogP contribution in [-0.2, 0) is 4.74 Å². The molecule has 0 spiro atoms. The summed E-state index contributed by atoms with van der Waals surface area (Å²) in [6, 6.07) is 0. The van der Waals surface area contributed by atoms with E-state index in [9.17, 15) is 4.79 Å². The molecule has 5 heteroatoms. The van der Waals surface area contributed by atoms with Crippen molar-refractivity contribution in [1.82, 2.24) is 0 Å². The number of nitrogens with two attached hydrogens (primary N) is 1. The minimum atomic E-state index is -0.450. The number of hydrogen-bond acceptors (Lipinski definition) is 4. The van der Waals surface area contributed by atoms with E-state index in [1.807, 2.05) is 0 Å². The van der Waals surface area contributed by atoms with Crippen LogP contribution >= 0.6 is 11.3 Å². The van der Waals surface area contributed by atoms with Crippen molar-refractivity contribution in [2.75, 3.05) is 12.3 Å². The van der Waals surface area contributed by atoms with Crippen LogP contribution in [0.1, 0.15) is 22.8 Å². The Kier molecular flexibility index (Phi) is 3.10. The molecule has 1 aromatic rings. The number of esters is 1. The molecule has 14 heavy (non-hydrogen) atoms. The van der Waals surface area contributed by atoms with E-state index in [0.29, 0.717) is 27.7 Å². The normalized spacial score (nSPS) is 9.50. The van der Waals surface area contributed by atoms with E-state index in [1.165, 1.54) is 0 Å². The highest BCUT2D eigenvalue weighted by Gasteiger charge is 2.19. The van der Waals surface area contributed by atoms with Gasteiger partial charge in [0, 0.05) is 0 Å². The maximum absolute atomic E-state index is 11.4. The second-order valence-corrected chi connectivity index (χ2v) is 3.63. The first-order chi connectivity index (χ1) is 6.61. The lowest BCUT2D eigenvalue weighted by molar-refractivity contribution is 0.0527. The molecule has 1 heterocycles. The molecule has 1 aromatic heterocycles. The van der Waals surface area contributed by atoms with Crippen molar-refractivity contribution in [1.29, 1.82) is 0 Å². The van der Waals surface area contributed by atoms with Gasteiger partial charge in [-0.25, -0.2) is 9.64 Å². The Balaban J connectivity index is 3.15. The maximum atomic E-state index is 11.4. The molecule has 0 saturated carbocycles. The molecule has 0 aliphatic rings. The first-order valence-electron chi connectivity index (χ1n) is 4.05. The Hall–Kier alpha value is -1.54. The van der Waals surface area contributed by atoms with Crippen LogP contribution in [0.3, 0.4) is 0 Å². The van der Waals surface area contributed by atoms with Gasteiger partial charge in [0.1, 0.15) is 0 Å². The van der Waals surface area contributed by atoms with Gasteiger partial charge in [0.2, 0.25) is 5.00 Å². The summed E-state index contributed by atoms with van der Waals surface area (Å²) in [6.07, 6.45) is 0. The van der Waals surface area contributed by atoms with Gasteiger partial charge in [-0.1, -0.05) is 0 Å². The summed E-state index contributed by atoms with van der Waals surface area (Å²) in [5.74, 6) is -0.450. The molecule has 0 fully saturated rings. The summed E-state index contributed by atoms with van der Waals surface area (Å²) >= 11 is 1.12. The van der Waals surface area contributed by atoms with Crippen LogP contribution in [0.5, 0.6) is 0 Å². The van der Waals surface area contributed by atoms with Gasteiger partial charge in [-0.2, -0.15) is 0 Å². The fourth-order valence-electron chi connectivity index (χ4n) is 1.09. The summed E-state index contributed by atoms with van der Waals surface area (Å²) in [6.45, 7) is 10.6. The standard InChI is InChI=1S/C9H10N2O2S/c1-4-13-9(12)6-5(2)8(11-3)14-7(6)10/h4,10H2,1-2H3. The highest BCUT2D eigenvalue weighted by molar-refractivity contribution is 7.20. The predicted molar refractivity (Wildman–Crippen MR) is 55.7 cm³/mol. The monoisotopic (exact) mass is 210 g/mol. The molecule has 74 valence electrons. The van der Waals surface area contributed by atoms with Gasteiger partial charge in [0.15, 0.2) is 0 Å². The minimum Gasteiger partial charge on any atom is -0.462 e. The average molecular weight is 210 g/mol. The first-order valence-corrected chi connectivity index (χ1v) is 4.86. The highest BCUT2D eigenvalue weighted by atomic mass is 32.1. The molecule has 1 rings (SSSR count). The van der Waals surface area contributed by atoms with Gasteiger partial charge in [0.05, 0.1) is 23.7 Å². The summed E-state index contributed by atoms with van der Waals surface area (Å²) in [5.41, 5.74) is 6.57. The quantitative estimate of drug-likeness (QED) is 0.602. The lowest BCUT2D eigenvalue weighted by Crippen LogP contribution is -2.07. The van der Waals surface area contributed by atoms with Crippen molar-refractivity contribution < 1.29 is 9.53 Å². The van der Waals surface area contributed by atoms with Crippen molar-refractivity contribution in [3.8, 4) is 0 Å². The molecule has 0 atom stereocenters. The van der Waals surface area contributed by atoms with Gasteiger partial charge in [-0.3, -0.25) is 0 Å². The summed E-state index contributed by atoms with van der Waals surface area (Å²) in [5, 5.41) is 0.803. The molecule has 4 nitrogen and oxygen atoms in total.